The highest BCUT2D eigenvalue weighted by molar-refractivity contribution is 6.00. The summed E-state index contributed by atoms with van der Waals surface area (Å²) in [6, 6.07) is 9.50. The van der Waals surface area contributed by atoms with Crippen LogP contribution in [0.3, 0.4) is 0 Å². The van der Waals surface area contributed by atoms with Crippen molar-refractivity contribution >= 4 is 23.0 Å². The maximum atomic E-state index is 14.3. The highest BCUT2D eigenvalue weighted by Gasteiger charge is 2.32. The molecule has 1 atom stereocenters. The Kier molecular flexibility index (Phi) is 7.72. The largest absolute Gasteiger partial charge is 0.387 e. The molecule has 0 saturated heterocycles. The van der Waals surface area contributed by atoms with Crippen molar-refractivity contribution in [1.82, 2.24) is 25.2 Å². The summed E-state index contributed by atoms with van der Waals surface area (Å²) in [7, 11) is 0. The molecule has 0 bridgehead atoms. The second kappa shape index (κ2) is 11.2. The van der Waals surface area contributed by atoms with Gasteiger partial charge >= 0.3 is 0 Å². The van der Waals surface area contributed by atoms with E-state index in [1.807, 2.05) is 12.1 Å². The molecule has 2 amide bonds. The number of aliphatic hydroxyl groups is 1. The minimum absolute atomic E-state index is 0.0709. The molecule has 0 aliphatic heterocycles. The zero-order chi connectivity index (χ0) is 28.4. The summed E-state index contributed by atoms with van der Waals surface area (Å²) in [5, 5.41) is 32.7. The van der Waals surface area contributed by atoms with Crippen molar-refractivity contribution in [2.45, 2.75) is 76.2 Å². The molecule has 2 aliphatic carbocycles. The minimum Gasteiger partial charge on any atom is -0.387 e. The van der Waals surface area contributed by atoms with Gasteiger partial charge in [0.2, 0.25) is 5.91 Å². The van der Waals surface area contributed by atoms with Crippen molar-refractivity contribution in [3.05, 3.63) is 47.8 Å². The number of nitrogens with zero attached hydrogens (tertiary/aromatic N) is 4. The number of rotatable bonds is 9. The van der Waals surface area contributed by atoms with E-state index in [0.29, 0.717) is 22.6 Å². The highest BCUT2D eigenvalue weighted by Crippen LogP contribution is 2.31. The molecule has 0 radical (unpaired) electrons. The second-order valence-corrected chi connectivity index (χ2v) is 11.3. The van der Waals surface area contributed by atoms with Gasteiger partial charge in [-0.1, -0.05) is 0 Å². The summed E-state index contributed by atoms with van der Waals surface area (Å²) in [4.78, 5) is 29.8. The molecule has 3 aromatic heterocycles. The first-order valence-electron chi connectivity index (χ1n) is 13.7. The van der Waals surface area contributed by atoms with Crippen LogP contribution in [0.4, 0.5) is 10.1 Å². The molecule has 0 spiro atoms. The summed E-state index contributed by atoms with van der Waals surface area (Å²) in [6.07, 6.45) is 6.53. The normalized spacial score (nSPS) is 20.0. The molecule has 2 aliphatic rings. The van der Waals surface area contributed by atoms with Gasteiger partial charge in [-0.15, -0.1) is 0 Å². The number of aromatic nitrogens is 3. The van der Waals surface area contributed by atoms with Crippen LogP contribution in [-0.2, 0) is 4.79 Å². The number of anilines is 1. The Balaban J connectivity index is 1.37. The SMILES string of the molecule is CC(C)(O)[C@H](F)CNC(=O)c1cnc(-c2ccc3cc(C#N)cnn23)cc1NC1CCC(NC(=O)C2CC2)CC1. The number of nitrogens with one attached hydrogen (secondary N) is 3. The maximum Gasteiger partial charge on any atom is 0.255 e. The molecule has 11 heteroatoms. The number of alkyl halides is 1. The van der Waals surface area contributed by atoms with Crippen LogP contribution in [0.1, 0.15) is 68.3 Å². The van der Waals surface area contributed by atoms with E-state index in [1.165, 1.54) is 26.2 Å². The van der Waals surface area contributed by atoms with Gasteiger partial charge in [-0.05, 0) is 76.6 Å². The van der Waals surface area contributed by atoms with Gasteiger partial charge in [0, 0.05) is 24.2 Å². The van der Waals surface area contributed by atoms with Crippen molar-refractivity contribution in [3.8, 4) is 17.5 Å². The van der Waals surface area contributed by atoms with Gasteiger partial charge in [0.05, 0.1) is 52.1 Å². The molecule has 3 aromatic rings. The van der Waals surface area contributed by atoms with Crippen LogP contribution < -0.4 is 16.0 Å². The first-order chi connectivity index (χ1) is 19.1. The fraction of sp³-hybridized carbons (Fsp3) is 0.483. The van der Waals surface area contributed by atoms with E-state index in [9.17, 15) is 24.3 Å². The molecule has 0 unspecified atom stereocenters. The minimum atomic E-state index is -1.64. The van der Waals surface area contributed by atoms with Gasteiger partial charge in [0.25, 0.3) is 5.91 Å². The van der Waals surface area contributed by atoms with Gasteiger partial charge in [-0.2, -0.15) is 10.4 Å². The highest BCUT2D eigenvalue weighted by atomic mass is 19.1. The lowest BCUT2D eigenvalue weighted by Crippen LogP contribution is -2.42. The Bertz CT molecular complexity index is 1450. The van der Waals surface area contributed by atoms with Crippen molar-refractivity contribution < 1.29 is 19.1 Å². The first kappa shape index (κ1) is 27.5. The van der Waals surface area contributed by atoms with Crippen LogP contribution in [0.15, 0.2) is 36.7 Å². The maximum absolute atomic E-state index is 14.3. The van der Waals surface area contributed by atoms with Crippen LogP contribution in [-0.4, -0.2) is 61.9 Å². The molecule has 2 fully saturated rings. The van der Waals surface area contributed by atoms with E-state index >= 15 is 0 Å². The molecule has 210 valence electrons. The number of carbonyl (C=O) groups excluding carboxylic acids is 2. The Morgan fingerprint density at radius 1 is 1.15 bits per heavy atom. The van der Waals surface area contributed by atoms with Gasteiger partial charge in [0.1, 0.15) is 12.2 Å². The third-order valence-electron chi connectivity index (χ3n) is 7.63. The molecule has 3 heterocycles. The van der Waals surface area contributed by atoms with Crippen LogP contribution in [0.2, 0.25) is 0 Å². The molecule has 2 saturated carbocycles. The second-order valence-electron chi connectivity index (χ2n) is 11.3. The predicted octanol–water partition coefficient (Wildman–Crippen LogP) is 3.36. The fourth-order valence-electron chi connectivity index (χ4n) is 4.94. The number of halogens is 1. The van der Waals surface area contributed by atoms with E-state index in [4.69, 9.17) is 0 Å². The van der Waals surface area contributed by atoms with Crippen LogP contribution in [0.5, 0.6) is 0 Å². The monoisotopic (exact) mass is 547 g/mol. The Morgan fingerprint density at radius 2 is 1.88 bits per heavy atom. The van der Waals surface area contributed by atoms with Gasteiger partial charge in [-0.3, -0.25) is 14.6 Å². The summed E-state index contributed by atoms with van der Waals surface area (Å²) >= 11 is 0. The molecular weight excluding hydrogens is 513 g/mol. The van der Waals surface area contributed by atoms with E-state index in [-0.39, 0.29) is 36.0 Å². The topological polar surface area (TPSA) is 144 Å². The van der Waals surface area contributed by atoms with Crippen LogP contribution in [0, 0.1) is 17.2 Å². The van der Waals surface area contributed by atoms with Crippen molar-refractivity contribution in [1.29, 1.82) is 5.26 Å². The molecule has 10 nitrogen and oxygen atoms in total. The quantitative estimate of drug-likeness (QED) is 0.322. The number of hydrogen-bond acceptors (Lipinski definition) is 7. The summed E-state index contributed by atoms with van der Waals surface area (Å²) in [5.41, 5.74) is 1.67. The number of pyridine rings is 1. The predicted molar refractivity (Wildman–Crippen MR) is 147 cm³/mol. The van der Waals surface area contributed by atoms with Gasteiger partial charge in [0.15, 0.2) is 0 Å². The van der Waals surface area contributed by atoms with Crippen molar-refractivity contribution in [3.63, 3.8) is 0 Å². The van der Waals surface area contributed by atoms with E-state index in [0.717, 1.165) is 44.0 Å². The lowest BCUT2D eigenvalue weighted by molar-refractivity contribution is -0.123. The Labute approximate surface area is 232 Å². The number of nitriles is 1. The third-order valence-corrected chi connectivity index (χ3v) is 7.63. The summed E-state index contributed by atoms with van der Waals surface area (Å²) < 4.78 is 16.0. The summed E-state index contributed by atoms with van der Waals surface area (Å²) in [5.74, 6) is -0.171. The lowest BCUT2D eigenvalue weighted by Gasteiger charge is -2.31. The van der Waals surface area contributed by atoms with E-state index in [1.54, 1.807) is 16.6 Å². The zero-order valence-corrected chi connectivity index (χ0v) is 22.7. The average molecular weight is 548 g/mol. The standard InChI is InChI=1S/C29H34FN7O3/c1-29(2,40)26(30)16-33-28(39)22-15-32-24(25-10-9-21-11-17(13-31)14-34-37(21)25)12-23(22)35-19-5-7-20(8-6-19)36-27(38)18-3-4-18/h9-12,14-15,18-20,26,40H,3-8,16H2,1-2H3,(H,32,35)(H,33,39)(H,36,38)/t19?,20?,26-/m1/s1. The molecular formula is C29H34FN7O3. The van der Waals surface area contributed by atoms with Crippen LogP contribution >= 0.6 is 0 Å². The van der Waals surface area contributed by atoms with Gasteiger partial charge in [-0.25, -0.2) is 8.91 Å². The number of fused-ring (bicyclic) bond motifs is 1. The van der Waals surface area contributed by atoms with Crippen molar-refractivity contribution in [2.24, 2.45) is 5.92 Å². The summed E-state index contributed by atoms with van der Waals surface area (Å²) in [6.45, 7) is 2.36. The number of carbonyl (C=O) groups is 2. The molecule has 0 aromatic carbocycles. The molecule has 40 heavy (non-hydrogen) atoms. The first-order valence-corrected chi connectivity index (χ1v) is 13.7. The van der Waals surface area contributed by atoms with Gasteiger partial charge < -0.3 is 21.1 Å². The molecule has 4 N–H and O–H groups in total. The third kappa shape index (κ3) is 6.23. The smallest absolute Gasteiger partial charge is 0.255 e. The van der Waals surface area contributed by atoms with E-state index < -0.39 is 17.7 Å². The average Bonchev–Trinajstić information content (AvgIpc) is 3.71. The number of hydrogen-bond donors (Lipinski definition) is 4. The zero-order valence-electron chi connectivity index (χ0n) is 22.7. The van der Waals surface area contributed by atoms with Crippen molar-refractivity contribution in [2.75, 3.05) is 11.9 Å². The number of amides is 2. The lowest BCUT2D eigenvalue weighted by atomic mass is 9.90. The fourth-order valence-corrected chi connectivity index (χ4v) is 4.94. The van der Waals surface area contributed by atoms with E-state index in [2.05, 4.69) is 32.1 Å². The van der Waals surface area contributed by atoms with Crippen LogP contribution in [0.25, 0.3) is 16.9 Å². The Hall–Kier alpha value is -4.04. The Morgan fingerprint density at radius 3 is 2.55 bits per heavy atom. The molecule has 5 rings (SSSR count).